The third-order valence-electron chi connectivity index (χ3n) is 3.11. The first-order chi connectivity index (χ1) is 8.50. The second-order valence-corrected chi connectivity index (χ2v) is 5.02. The van der Waals surface area contributed by atoms with E-state index in [1.165, 1.54) is 23.7 Å². The highest BCUT2D eigenvalue weighted by Gasteiger charge is 2.30. The maximum atomic E-state index is 11.8. The lowest BCUT2D eigenvalue weighted by Gasteiger charge is -2.08. The van der Waals surface area contributed by atoms with Crippen LogP contribution in [0.5, 0.6) is 0 Å². The molecule has 6 nitrogen and oxygen atoms in total. The molecule has 1 unspecified atom stereocenters. The van der Waals surface area contributed by atoms with E-state index in [2.05, 4.69) is 5.32 Å². The normalized spacial score (nSPS) is 16.3. The lowest BCUT2D eigenvalue weighted by molar-refractivity contribution is -0.391. The smallest absolute Gasteiger partial charge is 0.323 e. The van der Waals surface area contributed by atoms with Crippen LogP contribution in [0.4, 0.5) is 5.82 Å². The van der Waals surface area contributed by atoms with E-state index in [-0.39, 0.29) is 22.8 Å². The number of aromatic nitrogens is 1. The third kappa shape index (κ3) is 2.64. The molecule has 0 aliphatic heterocycles. The summed E-state index contributed by atoms with van der Waals surface area (Å²) in [5.41, 5.74) is 0.265. The van der Waals surface area contributed by atoms with Crippen LogP contribution in [0.3, 0.4) is 0 Å². The predicted octanol–water partition coefficient (Wildman–Crippen LogP) is 1.68. The van der Waals surface area contributed by atoms with Crippen molar-refractivity contribution < 1.29 is 9.72 Å². The molecule has 1 aliphatic rings. The van der Waals surface area contributed by atoms with Crippen molar-refractivity contribution in [1.82, 2.24) is 9.88 Å². The fraction of sp³-hybridized carbons (Fsp3) is 0.545. The van der Waals surface area contributed by atoms with Crippen LogP contribution in [0, 0.1) is 16.0 Å². The van der Waals surface area contributed by atoms with E-state index in [4.69, 9.17) is 11.6 Å². The summed E-state index contributed by atoms with van der Waals surface area (Å²) in [5.74, 6) is 0.0522. The number of alkyl halides is 1. The average Bonchev–Trinajstić information content (AvgIpc) is 3.09. The third-order valence-corrected chi connectivity index (χ3v) is 3.62. The highest BCUT2D eigenvalue weighted by molar-refractivity contribution is 6.21. The first-order valence-electron chi connectivity index (χ1n) is 5.73. The first-order valence-corrected chi connectivity index (χ1v) is 6.16. The fourth-order valence-corrected chi connectivity index (χ4v) is 2.15. The van der Waals surface area contributed by atoms with Crippen molar-refractivity contribution in [2.75, 3.05) is 6.54 Å². The molecule has 0 saturated heterocycles. The molecule has 1 fully saturated rings. The minimum Gasteiger partial charge on any atom is -0.358 e. The molecule has 98 valence electrons. The molecule has 1 atom stereocenters. The molecule has 1 amide bonds. The average molecular weight is 272 g/mol. The van der Waals surface area contributed by atoms with Crippen molar-refractivity contribution in [2.24, 2.45) is 13.0 Å². The number of amides is 1. The second-order valence-electron chi connectivity index (χ2n) is 4.46. The van der Waals surface area contributed by atoms with E-state index in [9.17, 15) is 14.9 Å². The molecule has 18 heavy (non-hydrogen) atoms. The van der Waals surface area contributed by atoms with E-state index in [1.807, 2.05) is 0 Å². The Bertz CT molecular complexity index is 482. The monoisotopic (exact) mass is 271 g/mol. The SMILES string of the molecule is Cn1c(C(=O)NCC(Cl)C2CC2)ccc1[N+](=O)[O-]. The molecule has 0 aromatic carbocycles. The van der Waals surface area contributed by atoms with Gasteiger partial charge in [0.2, 0.25) is 0 Å². The molecule has 1 saturated carbocycles. The van der Waals surface area contributed by atoms with E-state index in [0.717, 1.165) is 12.8 Å². The molecule has 2 rings (SSSR count). The van der Waals surface area contributed by atoms with Gasteiger partial charge in [-0.25, -0.2) is 4.57 Å². The van der Waals surface area contributed by atoms with Gasteiger partial charge >= 0.3 is 5.82 Å². The number of nitrogens with zero attached hydrogens (tertiary/aromatic N) is 2. The van der Waals surface area contributed by atoms with Crippen molar-refractivity contribution in [3.05, 3.63) is 27.9 Å². The van der Waals surface area contributed by atoms with Crippen LogP contribution in [0.15, 0.2) is 12.1 Å². The van der Waals surface area contributed by atoms with Crippen molar-refractivity contribution in [1.29, 1.82) is 0 Å². The Morgan fingerprint density at radius 2 is 2.33 bits per heavy atom. The molecule has 0 bridgehead atoms. The van der Waals surface area contributed by atoms with Crippen LogP contribution in [0.2, 0.25) is 0 Å². The Morgan fingerprint density at radius 1 is 1.67 bits per heavy atom. The molecule has 0 spiro atoms. The zero-order valence-electron chi connectivity index (χ0n) is 9.93. The Labute approximate surface area is 109 Å². The zero-order chi connectivity index (χ0) is 13.3. The number of nitro groups is 1. The Hall–Kier alpha value is -1.56. The number of hydrogen-bond donors (Lipinski definition) is 1. The molecule has 1 aromatic rings. The lowest BCUT2D eigenvalue weighted by Crippen LogP contribution is -2.31. The minimum atomic E-state index is -0.522. The van der Waals surface area contributed by atoms with Crippen molar-refractivity contribution in [3.63, 3.8) is 0 Å². The van der Waals surface area contributed by atoms with Gasteiger partial charge in [0.25, 0.3) is 5.91 Å². The molecular formula is C11H14ClN3O3. The zero-order valence-corrected chi connectivity index (χ0v) is 10.7. The van der Waals surface area contributed by atoms with Gasteiger partial charge in [0, 0.05) is 12.6 Å². The molecule has 0 radical (unpaired) electrons. The summed E-state index contributed by atoms with van der Waals surface area (Å²) in [6.07, 6.45) is 2.22. The number of carbonyl (C=O) groups is 1. The van der Waals surface area contributed by atoms with Crippen molar-refractivity contribution in [3.8, 4) is 0 Å². The largest absolute Gasteiger partial charge is 0.358 e. The van der Waals surface area contributed by atoms with E-state index in [1.54, 1.807) is 0 Å². The van der Waals surface area contributed by atoms with Crippen molar-refractivity contribution >= 4 is 23.3 Å². The number of rotatable bonds is 5. The highest BCUT2D eigenvalue weighted by atomic mass is 35.5. The van der Waals surface area contributed by atoms with Crippen LogP contribution in [0.1, 0.15) is 23.3 Å². The summed E-state index contributed by atoms with van der Waals surface area (Å²) in [6.45, 7) is 0.393. The molecule has 1 N–H and O–H groups in total. The molecule has 7 heteroatoms. The summed E-state index contributed by atoms with van der Waals surface area (Å²) >= 11 is 6.08. The van der Waals surface area contributed by atoms with Crippen molar-refractivity contribution in [2.45, 2.75) is 18.2 Å². The van der Waals surface area contributed by atoms with Gasteiger partial charge in [-0.3, -0.25) is 4.79 Å². The maximum absolute atomic E-state index is 11.8. The number of halogens is 1. The molecular weight excluding hydrogens is 258 g/mol. The minimum absolute atomic E-state index is 0.0517. The van der Waals surface area contributed by atoms with Crippen LogP contribution >= 0.6 is 11.6 Å². The maximum Gasteiger partial charge on any atom is 0.323 e. The van der Waals surface area contributed by atoms with Gasteiger partial charge in [0.1, 0.15) is 0 Å². The van der Waals surface area contributed by atoms with Crippen LogP contribution in [-0.4, -0.2) is 27.3 Å². The van der Waals surface area contributed by atoms with Gasteiger partial charge < -0.3 is 15.4 Å². The van der Waals surface area contributed by atoms with Gasteiger partial charge in [0.05, 0.1) is 12.4 Å². The molecule has 1 heterocycles. The van der Waals surface area contributed by atoms with Crippen LogP contribution in [-0.2, 0) is 7.05 Å². The Kier molecular flexibility index (Phi) is 3.56. The number of nitrogens with one attached hydrogen (secondary N) is 1. The highest BCUT2D eigenvalue weighted by Crippen LogP contribution is 2.35. The van der Waals surface area contributed by atoms with Crippen LogP contribution in [0.25, 0.3) is 0 Å². The van der Waals surface area contributed by atoms with Gasteiger partial charge in [-0.1, -0.05) is 0 Å². The number of carbonyl (C=O) groups excluding carboxylic acids is 1. The lowest BCUT2D eigenvalue weighted by atomic mass is 10.3. The summed E-state index contributed by atoms with van der Waals surface area (Å²) < 4.78 is 1.26. The second kappa shape index (κ2) is 4.97. The first kappa shape index (κ1) is 12.9. The van der Waals surface area contributed by atoms with E-state index < -0.39 is 4.92 Å². The van der Waals surface area contributed by atoms with E-state index >= 15 is 0 Å². The van der Waals surface area contributed by atoms with Gasteiger partial charge in [-0.2, -0.15) is 0 Å². The fourth-order valence-electron chi connectivity index (χ4n) is 1.82. The molecule has 1 aromatic heterocycles. The predicted molar refractivity (Wildman–Crippen MR) is 66.8 cm³/mol. The Morgan fingerprint density at radius 3 is 2.83 bits per heavy atom. The van der Waals surface area contributed by atoms with Crippen LogP contribution < -0.4 is 5.32 Å². The standard InChI is InChI=1S/C11H14ClN3O3/c1-14-9(4-5-10(14)15(17)18)11(16)13-6-8(12)7-2-3-7/h4-5,7-8H,2-3,6H2,1H3,(H,13,16). The quantitative estimate of drug-likeness (QED) is 0.503. The van der Waals surface area contributed by atoms with Gasteiger partial charge in [0.15, 0.2) is 5.69 Å². The van der Waals surface area contributed by atoms with Gasteiger partial charge in [-0.15, -0.1) is 11.6 Å². The summed E-state index contributed by atoms with van der Waals surface area (Å²) in [5, 5.41) is 13.3. The molecule has 1 aliphatic carbocycles. The summed E-state index contributed by atoms with van der Waals surface area (Å²) in [6, 6.07) is 2.75. The summed E-state index contributed by atoms with van der Waals surface area (Å²) in [7, 11) is 1.49. The number of hydrogen-bond acceptors (Lipinski definition) is 3. The summed E-state index contributed by atoms with van der Waals surface area (Å²) in [4.78, 5) is 22.0. The topological polar surface area (TPSA) is 77.2 Å². The van der Waals surface area contributed by atoms with Gasteiger partial charge in [-0.05, 0) is 29.7 Å². The van der Waals surface area contributed by atoms with E-state index in [0.29, 0.717) is 12.5 Å². The Balaban J connectivity index is 1.97.